The Morgan fingerprint density at radius 1 is 1.60 bits per heavy atom. The first-order chi connectivity index (χ1) is 6.88. The minimum Gasteiger partial charge on any atom is -0.475 e. The molecule has 0 atom stereocenters. The first kappa shape index (κ1) is 13.4. The van der Waals surface area contributed by atoms with E-state index in [1.165, 1.54) is 6.39 Å². The Morgan fingerprint density at radius 2 is 2.13 bits per heavy atom. The lowest BCUT2D eigenvalue weighted by atomic mass is 10.3. The standard InChI is InChI=1S/C5H8N2O.C2HF3O2/c6-2-1-5-3-8-4-7-5;3-2(4,5)1(6)7/h3-4H,1-2,6H2;(H,6,7). The summed E-state index contributed by atoms with van der Waals surface area (Å²) in [7, 11) is 0. The van der Waals surface area contributed by atoms with Crippen molar-refractivity contribution in [2.24, 2.45) is 5.73 Å². The van der Waals surface area contributed by atoms with Crippen molar-refractivity contribution in [1.82, 2.24) is 4.98 Å². The van der Waals surface area contributed by atoms with E-state index >= 15 is 0 Å². The molecule has 1 aromatic rings. The molecule has 1 heterocycles. The lowest BCUT2D eigenvalue weighted by Crippen LogP contribution is -2.21. The predicted molar refractivity (Wildman–Crippen MR) is 43.0 cm³/mol. The van der Waals surface area contributed by atoms with Crippen LogP contribution in [0.25, 0.3) is 0 Å². The summed E-state index contributed by atoms with van der Waals surface area (Å²) in [6, 6.07) is 0. The number of alkyl halides is 3. The van der Waals surface area contributed by atoms with Crippen LogP contribution in [0.4, 0.5) is 13.2 Å². The quantitative estimate of drug-likeness (QED) is 0.778. The van der Waals surface area contributed by atoms with Gasteiger partial charge in [-0.25, -0.2) is 9.78 Å². The molecule has 0 aliphatic carbocycles. The van der Waals surface area contributed by atoms with Crippen LogP contribution in [0.3, 0.4) is 0 Å². The van der Waals surface area contributed by atoms with E-state index in [0.717, 1.165) is 12.1 Å². The highest BCUT2D eigenvalue weighted by atomic mass is 19.4. The Balaban J connectivity index is 0.000000265. The zero-order valence-corrected chi connectivity index (χ0v) is 7.49. The van der Waals surface area contributed by atoms with E-state index < -0.39 is 12.1 Å². The second kappa shape index (κ2) is 6.02. The van der Waals surface area contributed by atoms with E-state index in [-0.39, 0.29) is 0 Å². The molecule has 3 N–H and O–H groups in total. The number of nitrogens with two attached hydrogens (primary N) is 1. The van der Waals surface area contributed by atoms with Gasteiger partial charge in [0, 0.05) is 6.42 Å². The van der Waals surface area contributed by atoms with Crippen molar-refractivity contribution in [3.63, 3.8) is 0 Å². The van der Waals surface area contributed by atoms with E-state index in [1.807, 2.05) is 0 Å². The Bertz CT molecular complexity index is 284. The van der Waals surface area contributed by atoms with E-state index in [2.05, 4.69) is 4.98 Å². The van der Waals surface area contributed by atoms with Crippen LogP contribution in [-0.2, 0) is 11.2 Å². The van der Waals surface area contributed by atoms with Crippen LogP contribution in [0, 0.1) is 0 Å². The molecule has 5 nitrogen and oxygen atoms in total. The summed E-state index contributed by atoms with van der Waals surface area (Å²) in [6.07, 6.45) is -1.27. The fourth-order valence-electron chi connectivity index (χ4n) is 0.509. The molecule has 0 bridgehead atoms. The third-order valence-corrected chi connectivity index (χ3v) is 1.13. The number of aromatic nitrogens is 1. The first-order valence-corrected chi connectivity index (χ1v) is 3.75. The minimum atomic E-state index is -5.08. The fraction of sp³-hybridized carbons (Fsp3) is 0.429. The second-order valence-corrected chi connectivity index (χ2v) is 2.32. The van der Waals surface area contributed by atoms with Crippen molar-refractivity contribution in [3.8, 4) is 0 Å². The number of hydrogen-bond acceptors (Lipinski definition) is 4. The third kappa shape index (κ3) is 6.49. The summed E-state index contributed by atoms with van der Waals surface area (Å²) in [5, 5.41) is 7.12. The van der Waals surface area contributed by atoms with Gasteiger partial charge in [-0.1, -0.05) is 0 Å². The molecule has 0 aliphatic heterocycles. The molecule has 0 amide bonds. The SMILES string of the molecule is NCCc1cocn1.O=C(O)C(F)(F)F. The minimum absolute atomic E-state index is 0.631. The Morgan fingerprint density at radius 3 is 2.40 bits per heavy atom. The molecule has 0 spiro atoms. The highest BCUT2D eigenvalue weighted by Crippen LogP contribution is 2.13. The Labute approximate surface area is 82.7 Å². The molecule has 15 heavy (non-hydrogen) atoms. The van der Waals surface area contributed by atoms with Crippen molar-refractivity contribution in [2.75, 3.05) is 6.54 Å². The van der Waals surface area contributed by atoms with Gasteiger partial charge in [0.1, 0.15) is 6.26 Å². The lowest BCUT2D eigenvalue weighted by molar-refractivity contribution is -0.192. The van der Waals surface area contributed by atoms with E-state index in [4.69, 9.17) is 20.1 Å². The van der Waals surface area contributed by atoms with Crippen molar-refractivity contribution in [1.29, 1.82) is 0 Å². The maximum absolute atomic E-state index is 10.6. The summed E-state index contributed by atoms with van der Waals surface area (Å²) < 4.78 is 36.4. The zero-order valence-electron chi connectivity index (χ0n) is 7.49. The summed E-state index contributed by atoms with van der Waals surface area (Å²) in [5.41, 5.74) is 6.16. The van der Waals surface area contributed by atoms with Gasteiger partial charge in [0.15, 0.2) is 6.39 Å². The molecule has 0 radical (unpaired) electrons. The highest BCUT2D eigenvalue weighted by molar-refractivity contribution is 5.73. The van der Waals surface area contributed by atoms with Crippen molar-refractivity contribution >= 4 is 5.97 Å². The number of rotatable bonds is 2. The number of halogens is 3. The maximum atomic E-state index is 10.6. The van der Waals surface area contributed by atoms with Gasteiger partial charge in [0.05, 0.1) is 5.69 Å². The van der Waals surface area contributed by atoms with E-state index in [0.29, 0.717) is 6.54 Å². The van der Waals surface area contributed by atoms with Crippen molar-refractivity contribution < 1.29 is 27.5 Å². The van der Waals surface area contributed by atoms with Gasteiger partial charge in [-0.05, 0) is 6.54 Å². The monoisotopic (exact) mass is 226 g/mol. The van der Waals surface area contributed by atoms with Crippen LogP contribution in [0.15, 0.2) is 17.1 Å². The van der Waals surface area contributed by atoms with Gasteiger partial charge in [-0.15, -0.1) is 0 Å². The van der Waals surface area contributed by atoms with Crippen LogP contribution in [0.1, 0.15) is 5.69 Å². The van der Waals surface area contributed by atoms with Crippen LogP contribution < -0.4 is 5.73 Å². The average molecular weight is 226 g/mol. The lowest BCUT2D eigenvalue weighted by Gasteiger charge is -1.93. The topological polar surface area (TPSA) is 89.4 Å². The van der Waals surface area contributed by atoms with Gasteiger partial charge >= 0.3 is 12.1 Å². The van der Waals surface area contributed by atoms with Gasteiger partial charge in [0.2, 0.25) is 0 Å². The molecular weight excluding hydrogens is 217 g/mol. The highest BCUT2D eigenvalue weighted by Gasteiger charge is 2.38. The number of nitrogens with zero attached hydrogens (tertiary/aromatic N) is 1. The molecule has 0 fully saturated rings. The molecule has 0 saturated carbocycles. The van der Waals surface area contributed by atoms with Gasteiger partial charge in [-0.3, -0.25) is 0 Å². The number of hydrogen-bond donors (Lipinski definition) is 2. The number of carbonyl (C=O) groups is 1. The Kier molecular flexibility index (Phi) is 5.39. The molecule has 0 saturated heterocycles. The van der Waals surface area contributed by atoms with Gasteiger partial charge in [0.25, 0.3) is 0 Å². The van der Waals surface area contributed by atoms with Crippen LogP contribution in [0.5, 0.6) is 0 Å². The molecule has 1 rings (SSSR count). The summed E-state index contributed by atoms with van der Waals surface area (Å²) in [4.78, 5) is 12.8. The molecule has 8 heteroatoms. The molecule has 86 valence electrons. The molecule has 0 unspecified atom stereocenters. The van der Waals surface area contributed by atoms with Crippen LogP contribution in [0.2, 0.25) is 0 Å². The van der Waals surface area contributed by atoms with Crippen LogP contribution in [-0.4, -0.2) is 28.8 Å². The second-order valence-electron chi connectivity index (χ2n) is 2.32. The predicted octanol–water partition coefficient (Wildman–Crippen LogP) is 0.809. The van der Waals surface area contributed by atoms with E-state index in [9.17, 15) is 13.2 Å². The maximum Gasteiger partial charge on any atom is 0.490 e. The number of carboxylic acids is 1. The summed E-state index contributed by atoms with van der Waals surface area (Å²) in [5.74, 6) is -2.76. The normalized spacial score (nSPS) is 10.4. The Hall–Kier alpha value is -1.57. The fourth-order valence-corrected chi connectivity index (χ4v) is 0.509. The zero-order chi connectivity index (χ0) is 11.9. The van der Waals surface area contributed by atoms with Crippen molar-refractivity contribution in [3.05, 3.63) is 18.4 Å². The molecule has 0 aromatic carbocycles. The molecular formula is C7H9F3N2O3. The molecule has 1 aromatic heterocycles. The third-order valence-electron chi connectivity index (χ3n) is 1.13. The molecule has 0 aliphatic rings. The van der Waals surface area contributed by atoms with Crippen LogP contribution >= 0.6 is 0 Å². The van der Waals surface area contributed by atoms with E-state index in [1.54, 1.807) is 6.26 Å². The first-order valence-electron chi connectivity index (χ1n) is 3.75. The van der Waals surface area contributed by atoms with Gasteiger partial charge < -0.3 is 15.3 Å². The van der Waals surface area contributed by atoms with Crippen molar-refractivity contribution in [2.45, 2.75) is 12.6 Å². The summed E-state index contributed by atoms with van der Waals surface area (Å²) in [6.45, 7) is 0.631. The smallest absolute Gasteiger partial charge is 0.475 e. The van der Waals surface area contributed by atoms with Gasteiger partial charge in [-0.2, -0.15) is 13.2 Å². The largest absolute Gasteiger partial charge is 0.490 e. The summed E-state index contributed by atoms with van der Waals surface area (Å²) >= 11 is 0. The number of carboxylic acid groups (broad SMARTS) is 1. The average Bonchev–Trinajstić information content (AvgIpc) is 2.57. The number of aliphatic carboxylic acids is 1. The number of oxazole rings is 1.